The number of halogens is 1. The molecule has 0 N–H and O–H groups in total. The molecule has 1 aliphatic rings. The zero-order valence-corrected chi connectivity index (χ0v) is 14.8. The molecule has 7 heteroatoms. The first-order chi connectivity index (χ1) is 10.5. The monoisotopic (exact) mass is 356 g/mol. The van der Waals surface area contributed by atoms with Crippen LogP contribution in [0.15, 0.2) is 22.5 Å². The van der Waals surface area contributed by atoms with E-state index in [1.54, 1.807) is 11.3 Å². The first kappa shape index (κ1) is 16.1. The maximum atomic E-state index is 12.3. The molecule has 0 aliphatic carbocycles. The van der Waals surface area contributed by atoms with Gasteiger partial charge >= 0.3 is 0 Å². The third-order valence-electron chi connectivity index (χ3n) is 3.42. The number of morpholine rings is 1. The van der Waals surface area contributed by atoms with Crippen LogP contribution in [0.2, 0.25) is 5.02 Å². The molecule has 1 fully saturated rings. The molecule has 3 rings (SSSR count). The van der Waals surface area contributed by atoms with Gasteiger partial charge in [0.2, 0.25) is 5.91 Å². The van der Waals surface area contributed by atoms with Crippen molar-refractivity contribution in [3.63, 3.8) is 0 Å². The lowest BCUT2D eigenvalue weighted by Gasteiger charge is -2.35. The molecule has 0 spiro atoms. The standard InChI is InChI=1S/C15H17ClN2O2S2/c1-9-6-18(7-10(2)20-9)14(19)8-21-15-17-12-5-11(16)3-4-13(12)22-15/h3-5,9-10H,6-8H2,1-2H3/t9-,10-/m0/s1. The second kappa shape index (κ2) is 6.74. The summed E-state index contributed by atoms with van der Waals surface area (Å²) in [5.41, 5.74) is 0.890. The highest BCUT2D eigenvalue weighted by Crippen LogP contribution is 2.31. The third-order valence-corrected chi connectivity index (χ3v) is 5.82. The lowest BCUT2D eigenvalue weighted by molar-refractivity contribution is -0.140. The Balaban J connectivity index is 1.62. The summed E-state index contributed by atoms with van der Waals surface area (Å²) in [5.74, 6) is 0.553. The largest absolute Gasteiger partial charge is 0.372 e. The molecule has 22 heavy (non-hydrogen) atoms. The van der Waals surface area contributed by atoms with Crippen LogP contribution in [0.5, 0.6) is 0 Å². The van der Waals surface area contributed by atoms with Gasteiger partial charge in [0.05, 0.1) is 28.2 Å². The fraction of sp³-hybridized carbons (Fsp3) is 0.467. The molecule has 118 valence electrons. The SMILES string of the molecule is C[C@H]1CN(C(=O)CSc2nc3cc(Cl)ccc3s2)C[C@H](C)O1. The van der Waals surface area contributed by atoms with Crippen molar-refractivity contribution in [1.82, 2.24) is 9.88 Å². The summed E-state index contributed by atoms with van der Waals surface area (Å²) in [7, 11) is 0. The number of thioether (sulfide) groups is 1. The minimum absolute atomic E-state index is 0.0993. The molecule has 2 atom stereocenters. The molecule has 1 aromatic heterocycles. The number of aromatic nitrogens is 1. The van der Waals surface area contributed by atoms with Crippen LogP contribution in [0.4, 0.5) is 0 Å². The molecular formula is C15H17ClN2O2S2. The fourth-order valence-corrected chi connectivity index (χ4v) is 4.66. The minimum Gasteiger partial charge on any atom is -0.372 e. The van der Waals surface area contributed by atoms with Gasteiger partial charge in [-0.1, -0.05) is 23.4 Å². The van der Waals surface area contributed by atoms with Gasteiger partial charge in [0.25, 0.3) is 0 Å². The number of carbonyl (C=O) groups excluding carboxylic acids is 1. The van der Waals surface area contributed by atoms with Gasteiger partial charge in [-0.3, -0.25) is 4.79 Å². The maximum absolute atomic E-state index is 12.3. The number of ether oxygens (including phenoxy) is 1. The zero-order valence-electron chi connectivity index (χ0n) is 12.4. The van der Waals surface area contributed by atoms with Gasteiger partial charge in [-0.25, -0.2) is 4.98 Å². The Hall–Kier alpha value is -0.820. The van der Waals surface area contributed by atoms with E-state index in [2.05, 4.69) is 4.98 Å². The summed E-state index contributed by atoms with van der Waals surface area (Å²) in [6, 6.07) is 5.68. The highest BCUT2D eigenvalue weighted by molar-refractivity contribution is 8.01. The maximum Gasteiger partial charge on any atom is 0.233 e. The van der Waals surface area contributed by atoms with Crippen LogP contribution in [0.1, 0.15) is 13.8 Å². The molecule has 0 bridgehead atoms. The third kappa shape index (κ3) is 3.74. The first-order valence-electron chi connectivity index (χ1n) is 7.13. The van der Waals surface area contributed by atoms with Gasteiger partial charge < -0.3 is 9.64 Å². The van der Waals surface area contributed by atoms with Crippen molar-refractivity contribution in [3.8, 4) is 0 Å². The molecule has 1 saturated heterocycles. The average Bonchev–Trinajstić information content (AvgIpc) is 2.85. The van der Waals surface area contributed by atoms with Crippen molar-refractivity contribution in [2.24, 2.45) is 0 Å². The van der Waals surface area contributed by atoms with Crippen molar-refractivity contribution >= 4 is 50.8 Å². The molecule has 1 aliphatic heterocycles. The van der Waals surface area contributed by atoms with Crippen molar-refractivity contribution < 1.29 is 9.53 Å². The first-order valence-corrected chi connectivity index (χ1v) is 9.31. The smallest absolute Gasteiger partial charge is 0.233 e. The number of hydrogen-bond acceptors (Lipinski definition) is 5. The molecule has 4 nitrogen and oxygen atoms in total. The van der Waals surface area contributed by atoms with Crippen LogP contribution in [0.3, 0.4) is 0 Å². The van der Waals surface area contributed by atoms with Crippen LogP contribution >= 0.6 is 34.7 Å². The number of benzene rings is 1. The van der Waals surface area contributed by atoms with E-state index in [4.69, 9.17) is 16.3 Å². The average molecular weight is 357 g/mol. The van der Waals surface area contributed by atoms with Gasteiger partial charge in [-0.2, -0.15) is 0 Å². The lowest BCUT2D eigenvalue weighted by Crippen LogP contribution is -2.48. The number of fused-ring (bicyclic) bond motifs is 1. The fourth-order valence-electron chi connectivity index (χ4n) is 2.54. The van der Waals surface area contributed by atoms with E-state index in [9.17, 15) is 4.79 Å². The molecule has 0 unspecified atom stereocenters. The number of carbonyl (C=O) groups is 1. The van der Waals surface area contributed by atoms with Crippen molar-refractivity contribution in [2.75, 3.05) is 18.8 Å². The Kier molecular flexibility index (Phi) is 4.92. The Morgan fingerprint density at radius 3 is 2.91 bits per heavy atom. The van der Waals surface area contributed by atoms with Gasteiger partial charge in [0, 0.05) is 18.1 Å². The Morgan fingerprint density at radius 1 is 1.45 bits per heavy atom. The highest BCUT2D eigenvalue weighted by Gasteiger charge is 2.25. The van der Waals surface area contributed by atoms with Gasteiger partial charge in [-0.05, 0) is 32.0 Å². The van der Waals surface area contributed by atoms with Crippen LogP contribution in [0.25, 0.3) is 10.2 Å². The Morgan fingerprint density at radius 2 is 2.18 bits per heavy atom. The van der Waals surface area contributed by atoms with Gasteiger partial charge in [0.1, 0.15) is 0 Å². The number of thiazole rings is 1. The molecule has 1 aromatic carbocycles. The van der Waals surface area contributed by atoms with Gasteiger partial charge in [0.15, 0.2) is 4.34 Å². The van der Waals surface area contributed by atoms with Crippen molar-refractivity contribution in [2.45, 2.75) is 30.4 Å². The number of rotatable bonds is 3. The molecule has 1 amide bonds. The predicted octanol–water partition coefficient (Wildman–Crippen LogP) is 3.68. The van der Waals surface area contributed by atoms with E-state index >= 15 is 0 Å². The van der Waals surface area contributed by atoms with Crippen LogP contribution in [-0.2, 0) is 9.53 Å². The van der Waals surface area contributed by atoms with E-state index in [1.165, 1.54) is 11.8 Å². The van der Waals surface area contributed by atoms with Crippen molar-refractivity contribution in [1.29, 1.82) is 0 Å². The summed E-state index contributed by atoms with van der Waals surface area (Å²) in [6.45, 7) is 5.33. The lowest BCUT2D eigenvalue weighted by atomic mass is 10.2. The van der Waals surface area contributed by atoms with Crippen molar-refractivity contribution in [3.05, 3.63) is 23.2 Å². The van der Waals surface area contributed by atoms with Crippen LogP contribution < -0.4 is 0 Å². The van der Waals surface area contributed by atoms with Crippen LogP contribution in [-0.4, -0.2) is 46.8 Å². The Bertz CT molecular complexity index is 681. The number of nitrogens with zero attached hydrogens (tertiary/aromatic N) is 2. The van der Waals surface area contributed by atoms with Crippen LogP contribution in [0, 0.1) is 0 Å². The molecule has 0 radical (unpaired) electrons. The summed E-state index contributed by atoms with van der Waals surface area (Å²) >= 11 is 9.05. The number of amides is 1. The summed E-state index contributed by atoms with van der Waals surface area (Å²) < 4.78 is 7.65. The summed E-state index contributed by atoms with van der Waals surface area (Å²) in [6.07, 6.45) is 0.199. The molecule has 0 saturated carbocycles. The van der Waals surface area contributed by atoms with E-state index in [0.717, 1.165) is 14.6 Å². The van der Waals surface area contributed by atoms with E-state index < -0.39 is 0 Å². The topological polar surface area (TPSA) is 42.4 Å². The van der Waals surface area contributed by atoms with E-state index in [1.807, 2.05) is 36.9 Å². The highest BCUT2D eigenvalue weighted by atomic mass is 35.5. The molecule has 2 heterocycles. The second-order valence-electron chi connectivity index (χ2n) is 5.44. The summed E-state index contributed by atoms with van der Waals surface area (Å²) in [5, 5.41) is 0.682. The van der Waals surface area contributed by atoms with Gasteiger partial charge in [-0.15, -0.1) is 11.3 Å². The zero-order chi connectivity index (χ0) is 15.7. The predicted molar refractivity (Wildman–Crippen MR) is 91.9 cm³/mol. The Labute approximate surface area is 142 Å². The second-order valence-corrected chi connectivity index (χ2v) is 8.13. The summed E-state index contributed by atoms with van der Waals surface area (Å²) in [4.78, 5) is 18.7. The number of hydrogen-bond donors (Lipinski definition) is 0. The normalized spacial score (nSPS) is 22.2. The van der Waals surface area contributed by atoms with E-state index in [-0.39, 0.29) is 18.1 Å². The van der Waals surface area contributed by atoms with E-state index in [0.29, 0.717) is 23.9 Å². The quantitative estimate of drug-likeness (QED) is 0.787. The molecular weight excluding hydrogens is 340 g/mol. The molecule has 2 aromatic rings. The minimum atomic E-state index is 0.0993.